The second-order valence-corrected chi connectivity index (χ2v) is 7.51. The Morgan fingerprint density at radius 3 is 2.48 bits per heavy atom. The summed E-state index contributed by atoms with van der Waals surface area (Å²) in [5.41, 5.74) is 1.79. The lowest BCUT2D eigenvalue weighted by Crippen LogP contribution is -2.46. The van der Waals surface area contributed by atoms with Crippen molar-refractivity contribution in [1.29, 1.82) is 0 Å². The Bertz CT molecular complexity index is 754. The van der Waals surface area contributed by atoms with Crippen molar-refractivity contribution in [3.8, 4) is 0 Å². The van der Waals surface area contributed by atoms with Crippen LogP contribution in [0.2, 0.25) is 0 Å². The third-order valence-electron chi connectivity index (χ3n) is 4.67. The van der Waals surface area contributed by atoms with Crippen molar-refractivity contribution in [3.63, 3.8) is 0 Å². The summed E-state index contributed by atoms with van der Waals surface area (Å²) in [4.78, 5) is 25.9. The zero-order valence-electron chi connectivity index (χ0n) is 16.5. The van der Waals surface area contributed by atoms with Crippen molar-refractivity contribution in [2.45, 2.75) is 27.3 Å². The van der Waals surface area contributed by atoms with E-state index in [0.29, 0.717) is 24.0 Å². The van der Waals surface area contributed by atoms with E-state index >= 15 is 0 Å². The Hall–Kier alpha value is -2.47. The van der Waals surface area contributed by atoms with Crippen LogP contribution in [0.15, 0.2) is 36.4 Å². The molecule has 1 aromatic heterocycles. The van der Waals surface area contributed by atoms with E-state index in [1.54, 1.807) is 0 Å². The highest BCUT2D eigenvalue weighted by Crippen LogP contribution is 2.16. The van der Waals surface area contributed by atoms with Gasteiger partial charge in [-0.25, -0.2) is 9.97 Å². The fraction of sp³-hybridized carbons (Fsp3) is 0.476. The second-order valence-electron chi connectivity index (χ2n) is 7.51. The lowest BCUT2D eigenvalue weighted by molar-refractivity contribution is 0.0943. The van der Waals surface area contributed by atoms with E-state index in [0.717, 1.165) is 38.5 Å². The first-order valence-electron chi connectivity index (χ1n) is 9.66. The van der Waals surface area contributed by atoms with Gasteiger partial charge in [0, 0.05) is 45.3 Å². The average Bonchev–Trinajstić information content (AvgIpc) is 2.67. The lowest BCUT2D eigenvalue weighted by Gasteiger charge is -2.35. The Labute approximate surface area is 161 Å². The number of piperazine rings is 1. The van der Waals surface area contributed by atoms with Gasteiger partial charge in [0.2, 0.25) is 0 Å². The van der Waals surface area contributed by atoms with E-state index in [9.17, 15) is 4.79 Å². The van der Waals surface area contributed by atoms with Gasteiger partial charge in [-0.1, -0.05) is 44.2 Å². The van der Waals surface area contributed by atoms with Gasteiger partial charge in [0.05, 0.1) is 0 Å². The normalized spacial score (nSPS) is 15.2. The quantitative estimate of drug-likeness (QED) is 0.850. The molecule has 144 valence electrons. The fourth-order valence-electron chi connectivity index (χ4n) is 3.19. The molecule has 1 fully saturated rings. The minimum atomic E-state index is -0.127. The zero-order chi connectivity index (χ0) is 19.2. The summed E-state index contributed by atoms with van der Waals surface area (Å²) >= 11 is 0. The number of carbonyl (C=O) groups excluding carboxylic acids is 1. The van der Waals surface area contributed by atoms with Gasteiger partial charge in [0.15, 0.2) is 0 Å². The van der Waals surface area contributed by atoms with Crippen LogP contribution in [-0.2, 0) is 6.54 Å². The summed E-state index contributed by atoms with van der Waals surface area (Å²) in [7, 11) is 0. The highest BCUT2D eigenvalue weighted by Gasteiger charge is 2.20. The summed E-state index contributed by atoms with van der Waals surface area (Å²) in [5.74, 6) is 1.76. The molecular weight excluding hydrogens is 338 g/mol. The molecule has 0 atom stereocenters. The predicted molar refractivity (Wildman–Crippen MR) is 108 cm³/mol. The Kier molecular flexibility index (Phi) is 6.40. The first-order chi connectivity index (χ1) is 13.0. The summed E-state index contributed by atoms with van der Waals surface area (Å²) < 4.78 is 0. The van der Waals surface area contributed by atoms with Gasteiger partial charge < -0.3 is 10.2 Å². The SMILES string of the molecule is Cc1nc(C(=O)NCC(C)C)cc(N2CCN(Cc3ccccc3)CC2)n1. The number of anilines is 1. The molecule has 0 aliphatic carbocycles. The first kappa shape index (κ1) is 19.3. The van der Waals surface area contributed by atoms with Crippen molar-refractivity contribution >= 4 is 11.7 Å². The largest absolute Gasteiger partial charge is 0.354 e. The number of amides is 1. The molecule has 0 bridgehead atoms. The van der Waals surface area contributed by atoms with Crippen molar-refractivity contribution in [3.05, 3.63) is 53.5 Å². The van der Waals surface area contributed by atoms with Crippen molar-refractivity contribution in [2.24, 2.45) is 5.92 Å². The third kappa shape index (κ3) is 5.50. The van der Waals surface area contributed by atoms with Crippen LogP contribution in [0.4, 0.5) is 5.82 Å². The molecule has 6 nitrogen and oxygen atoms in total. The summed E-state index contributed by atoms with van der Waals surface area (Å²) in [5, 5.41) is 2.93. The van der Waals surface area contributed by atoms with Gasteiger partial charge >= 0.3 is 0 Å². The third-order valence-corrected chi connectivity index (χ3v) is 4.67. The van der Waals surface area contributed by atoms with Crippen molar-refractivity contribution in [1.82, 2.24) is 20.2 Å². The summed E-state index contributed by atoms with van der Waals surface area (Å²) in [6, 6.07) is 12.4. The molecule has 27 heavy (non-hydrogen) atoms. The summed E-state index contributed by atoms with van der Waals surface area (Å²) in [6.45, 7) is 11.4. The molecule has 1 aliphatic heterocycles. The number of carbonyl (C=O) groups is 1. The number of rotatable bonds is 6. The van der Waals surface area contributed by atoms with E-state index in [4.69, 9.17) is 0 Å². The standard InChI is InChI=1S/C21H29N5O/c1-16(2)14-22-21(27)19-13-20(24-17(3)23-19)26-11-9-25(10-12-26)15-18-7-5-4-6-8-18/h4-8,13,16H,9-12,14-15H2,1-3H3,(H,22,27). The number of hydrogen-bond acceptors (Lipinski definition) is 5. The molecule has 6 heteroatoms. The van der Waals surface area contributed by atoms with Crippen LogP contribution < -0.4 is 10.2 Å². The van der Waals surface area contributed by atoms with Crippen molar-refractivity contribution in [2.75, 3.05) is 37.6 Å². The number of hydrogen-bond donors (Lipinski definition) is 1. The molecule has 3 rings (SSSR count). The van der Waals surface area contributed by atoms with Gasteiger partial charge in [0.1, 0.15) is 17.3 Å². The molecule has 1 saturated heterocycles. The van der Waals surface area contributed by atoms with Crippen LogP contribution in [0.5, 0.6) is 0 Å². The Morgan fingerprint density at radius 1 is 1.11 bits per heavy atom. The maximum Gasteiger partial charge on any atom is 0.270 e. The molecule has 1 aliphatic rings. The number of aromatic nitrogens is 2. The maximum atomic E-state index is 12.4. The van der Waals surface area contributed by atoms with Crippen LogP contribution in [0.25, 0.3) is 0 Å². The van der Waals surface area contributed by atoms with E-state index < -0.39 is 0 Å². The van der Waals surface area contributed by atoms with Crippen LogP contribution in [0.3, 0.4) is 0 Å². The molecule has 1 aromatic carbocycles. The monoisotopic (exact) mass is 367 g/mol. The number of benzene rings is 1. The molecule has 0 saturated carbocycles. The first-order valence-corrected chi connectivity index (χ1v) is 9.66. The maximum absolute atomic E-state index is 12.4. The molecule has 0 spiro atoms. The van der Waals surface area contributed by atoms with Gasteiger partial charge in [0.25, 0.3) is 5.91 Å². The highest BCUT2D eigenvalue weighted by atomic mass is 16.1. The molecule has 2 heterocycles. The molecule has 1 amide bonds. The fourth-order valence-corrected chi connectivity index (χ4v) is 3.19. The van der Waals surface area contributed by atoms with Gasteiger partial charge in [-0.15, -0.1) is 0 Å². The topological polar surface area (TPSA) is 61.4 Å². The van der Waals surface area contributed by atoms with Crippen LogP contribution in [0.1, 0.15) is 35.7 Å². The number of nitrogens with one attached hydrogen (secondary N) is 1. The van der Waals surface area contributed by atoms with Gasteiger partial charge in [-0.05, 0) is 18.4 Å². The average molecular weight is 367 g/mol. The minimum absolute atomic E-state index is 0.127. The number of nitrogens with zero attached hydrogens (tertiary/aromatic N) is 4. The molecule has 2 aromatic rings. The van der Waals surface area contributed by atoms with Crippen molar-refractivity contribution < 1.29 is 4.79 Å². The lowest BCUT2D eigenvalue weighted by atomic mass is 10.2. The number of aryl methyl sites for hydroxylation is 1. The minimum Gasteiger partial charge on any atom is -0.354 e. The summed E-state index contributed by atoms with van der Waals surface area (Å²) in [6.07, 6.45) is 0. The van der Waals surface area contributed by atoms with Gasteiger partial charge in [-0.2, -0.15) is 0 Å². The second kappa shape index (κ2) is 8.95. The highest BCUT2D eigenvalue weighted by molar-refractivity contribution is 5.92. The van der Waals surface area contributed by atoms with Crippen LogP contribution in [0, 0.1) is 12.8 Å². The smallest absolute Gasteiger partial charge is 0.270 e. The molecule has 0 radical (unpaired) electrons. The van der Waals surface area contributed by atoms with Crippen LogP contribution in [-0.4, -0.2) is 53.5 Å². The predicted octanol–water partition coefficient (Wildman–Crippen LogP) is 2.49. The Balaban J connectivity index is 1.61. The van der Waals surface area contributed by atoms with Gasteiger partial charge in [-0.3, -0.25) is 9.69 Å². The van der Waals surface area contributed by atoms with E-state index in [2.05, 4.69) is 63.2 Å². The Morgan fingerprint density at radius 2 is 1.81 bits per heavy atom. The van der Waals surface area contributed by atoms with Crippen LogP contribution >= 0.6 is 0 Å². The van der Waals surface area contributed by atoms with E-state index in [1.165, 1.54) is 5.56 Å². The molecule has 0 unspecified atom stereocenters. The zero-order valence-corrected chi connectivity index (χ0v) is 16.5. The molecular formula is C21H29N5O. The van der Waals surface area contributed by atoms with E-state index in [-0.39, 0.29) is 5.91 Å². The van der Waals surface area contributed by atoms with E-state index in [1.807, 2.05) is 19.1 Å². The molecule has 1 N–H and O–H groups in total.